The number of likely N-dealkylation sites (N-methyl/N-ethyl adjacent to an activating group) is 1. The van der Waals surface area contributed by atoms with Crippen LogP contribution in [-0.4, -0.2) is 37.5 Å². The fourth-order valence-corrected chi connectivity index (χ4v) is 1.42. The number of amides is 1. The molecule has 88 valence electrons. The Kier molecular flexibility index (Phi) is 5.09. The zero-order valence-corrected chi connectivity index (χ0v) is 10.3. The molecule has 1 aliphatic carbocycles. The zero-order chi connectivity index (χ0) is 11.3. The first-order valence-corrected chi connectivity index (χ1v) is 6.04. The Hall–Kier alpha value is -0.570. The Bertz CT molecular complexity index is 200. The molecule has 0 bridgehead atoms. The lowest BCUT2D eigenvalue weighted by Gasteiger charge is -2.18. The second-order valence-electron chi connectivity index (χ2n) is 5.07. The van der Waals surface area contributed by atoms with Gasteiger partial charge in [0.2, 0.25) is 5.91 Å². The van der Waals surface area contributed by atoms with Gasteiger partial charge in [-0.25, -0.2) is 0 Å². The highest BCUT2D eigenvalue weighted by atomic mass is 16.2. The lowest BCUT2D eigenvalue weighted by Crippen LogP contribution is -2.37. The molecule has 0 aromatic carbocycles. The number of carbonyl (C=O) groups is 1. The van der Waals surface area contributed by atoms with Gasteiger partial charge in [-0.2, -0.15) is 0 Å². The van der Waals surface area contributed by atoms with E-state index >= 15 is 0 Å². The van der Waals surface area contributed by atoms with Crippen molar-refractivity contribution in [3.63, 3.8) is 0 Å². The van der Waals surface area contributed by atoms with Crippen molar-refractivity contribution >= 4 is 5.91 Å². The summed E-state index contributed by atoms with van der Waals surface area (Å²) in [5.74, 6) is 1.73. The van der Waals surface area contributed by atoms with Crippen LogP contribution in [0.25, 0.3) is 0 Å². The predicted octanol–water partition coefficient (Wildman–Crippen LogP) is 1.49. The third kappa shape index (κ3) is 5.78. The van der Waals surface area contributed by atoms with Crippen LogP contribution < -0.4 is 5.32 Å². The molecule has 1 saturated carbocycles. The summed E-state index contributed by atoms with van der Waals surface area (Å²) in [4.78, 5) is 13.5. The molecule has 3 nitrogen and oxygen atoms in total. The van der Waals surface area contributed by atoms with Crippen molar-refractivity contribution in [3.8, 4) is 0 Å². The fourth-order valence-electron chi connectivity index (χ4n) is 1.42. The maximum Gasteiger partial charge on any atom is 0.236 e. The summed E-state index contributed by atoms with van der Waals surface area (Å²) in [7, 11) is 1.89. The third-order valence-electron chi connectivity index (χ3n) is 2.87. The van der Waals surface area contributed by atoms with Gasteiger partial charge in [-0.15, -0.1) is 0 Å². The highest BCUT2D eigenvalue weighted by Gasteiger charge is 2.20. The van der Waals surface area contributed by atoms with Gasteiger partial charge in [0.05, 0.1) is 6.54 Å². The van der Waals surface area contributed by atoms with Crippen molar-refractivity contribution in [2.45, 2.75) is 33.1 Å². The van der Waals surface area contributed by atoms with E-state index in [0.717, 1.165) is 25.4 Å². The smallest absolute Gasteiger partial charge is 0.236 e. The summed E-state index contributed by atoms with van der Waals surface area (Å²) in [6.45, 7) is 6.77. The van der Waals surface area contributed by atoms with Crippen molar-refractivity contribution < 1.29 is 4.79 Å². The van der Waals surface area contributed by atoms with E-state index in [9.17, 15) is 4.79 Å². The highest BCUT2D eigenvalue weighted by Crippen LogP contribution is 2.27. The molecular formula is C12H24N2O. The van der Waals surface area contributed by atoms with Gasteiger partial charge in [0.1, 0.15) is 0 Å². The molecule has 1 N–H and O–H groups in total. The number of hydrogen-bond donors (Lipinski definition) is 1. The summed E-state index contributed by atoms with van der Waals surface area (Å²) >= 11 is 0. The van der Waals surface area contributed by atoms with Gasteiger partial charge < -0.3 is 10.2 Å². The standard InChI is InChI=1S/C12H24N2O/c1-10(2)6-7-14(3)12(15)9-13-8-11-4-5-11/h10-11,13H,4-9H2,1-3H3. The molecule has 0 atom stereocenters. The first-order valence-electron chi connectivity index (χ1n) is 6.04. The average Bonchev–Trinajstić information content (AvgIpc) is 2.97. The normalized spacial score (nSPS) is 15.7. The van der Waals surface area contributed by atoms with Crippen LogP contribution in [0.15, 0.2) is 0 Å². The summed E-state index contributed by atoms with van der Waals surface area (Å²) < 4.78 is 0. The Balaban J connectivity index is 2.03. The average molecular weight is 212 g/mol. The van der Waals surface area contributed by atoms with Crippen LogP contribution in [0.3, 0.4) is 0 Å². The number of nitrogens with zero attached hydrogens (tertiary/aromatic N) is 1. The fraction of sp³-hybridized carbons (Fsp3) is 0.917. The van der Waals surface area contributed by atoms with Crippen LogP contribution in [0.4, 0.5) is 0 Å². The summed E-state index contributed by atoms with van der Waals surface area (Å²) in [6, 6.07) is 0. The number of nitrogens with one attached hydrogen (secondary N) is 1. The maximum absolute atomic E-state index is 11.6. The monoisotopic (exact) mass is 212 g/mol. The molecule has 0 unspecified atom stereocenters. The largest absolute Gasteiger partial charge is 0.345 e. The Labute approximate surface area is 93.2 Å². The molecule has 1 fully saturated rings. The quantitative estimate of drug-likeness (QED) is 0.693. The van der Waals surface area contributed by atoms with E-state index in [1.807, 2.05) is 11.9 Å². The van der Waals surface area contributed by atoms with E-state index in [4.69, 9.17) is 0 Å². The molecule has 1 amide bonds. The lowest BCUT2D eigenvalue weighted by atomic mass is 10.1. The molecule has 0 aromatic rings. The Morgan fingerprint density at radius 3 is 2.67 bits per heavy atom. The second-order valence-corrected chi connectivity index (χ2v) is 5.07. The van der Waals surface area contributed by atoms with E-state index in [-0.39, 0.29) is 5.91 Å². The minimum Gasteiger partial charge on any atom is -0.345 e. The molecule has 0 heterocycles. The van der Waals surface area contributed by atoms with Crippen molar-refractivity contribution in [1.82, 2.24) is 10.2 Å². The molecule has 1 aliphatic rings. The van der Waals surface area contributed by atoms with Gasteiger partial charge in [0.15, 0.2) is 0 Å². The number of carbonyl (C=O) groups excluding carboxylic acids is 1. The minimum absolute atomic E-state index is 0.219. The van der Waals surface area contributed by atoms with Gasteiger partial charge in [0.25, 0.3) is 0 Å². The molecule has 0 aromatic heterocycles. The first kappa shape index (κ1) is 12.5. The van der Waals surface area contributed by atoms with Gasteiger partial charge in [-0.3, -0.25) is 4.79 Å². The Morgan fingerprint density at radius 2 is 2.13 bits per heavy atom. The summed E-state index contributed by atoms with van der Waals surface area (Å²) in [5, 5.41) is 3.22. The van der Waals surface area contributed by atoms with E-state index in [0.29, 0.717) is 12.5 Å². The molecule has 0 radical (unpaired) electrons. The first-order chi connectivity index (χ1) is 7.09. The third-order valence-corrected chi connectivity index (χ3v) is 2.87. The molecule has 0 spiro atoms. The summed E-state index contributed by atoms with van der Waals surface area (Å²) in [5.41, 5.74) is 0. The number of hydrogen-bond acceptors (Lipinski definition) is 2. The van der Waals surface area contributed by atoms with E-state index < -0.39 is 0 Å². The van der Waals surface area contributed by atoms with Crippen molar-refractivity contribution in [2.75, 3.05) is 26.7 Å². The van der Waals surface area contributed by atoms with Crippen molar-refractivity contribution in [2.24, 2.45) is 11.8 Å². The zero-order valence-electron chi connectivity index (χ0n) is 10.3. The molecule has 15 heavy (non-hydrogen) atoms. The Morgan fingerprint density at radius 1 is 1.47 bits per heavy atom. The van der Waals surface area contributed by atoms with Crippen LogP contribution in [0, 0.1) is 11.8 Å². The van der Waals surface area contributed by atoms with Crippen LogP contribution in [0.5, 0.6) is 0 Å². The molecule has 0 aliphatic heterocycles. The van der Waals surface area contributed by atoms with Crippen molar-refractivity contribution in [1.29, 1.82) is 0 Å². The topological polar surface area (TPSA) is 32.3 Å². The van der Waals surface area contributed by atoms with Gasteiger partial charge in [-0.05, 0) is 37.6 Å². The molecule has 1 rings (SSSR count). The predicted molar refractivity (Wildman–Crippen MR) is 62.7 cm³/mol. The second kappa shape index (κ2) is 6.11. The SMILES string of the molecule is CC(C)CCN(C)C(=O)CNCC1CC1. The van der Waals surface area contributed by atoms with Crippen LogP contribution >= 0.6 is 0 Å². The van der Waals surface area contributed by atoms with E-state index in [1.165, 1.54) is 12.8 Å². The molecular weight excluding hydrogens is 188 g/mol. The van der Waals surface area contributed by atoms with Crippen LogP contribution in [0.1, 0.15) is 33.1 Å². The molecule has 3 heteroatoms. The summed E-state index contributed by atoms with van der Waals surface area (Å²) in [6.07, 6.45) is 3.76. The maximum atomic E-state index is 11.6. The van der Waals surface area contributed by atoms with Gasteiger partial charge in [-0.1, -0.05) is 13.8 Å². The molecule has 0 saturated heterocycles. The van der Waals surface area contributed by atoms with Crippen LogP contribution in [0.2, 0.25) is 0 Å². The van der Waals surface area contributed by atoms with Gasteiger partial charge in [0, 0.05) is 13.6 Å². The number of rotatable bonds is 7. The van der Waals surface area contributed by atoms with Crippen molar-refractivity contribution in [3.05, 3.63) is 0 Å². The van der Waals surface area contributed by atoms with Crippen LogP contribution in [-0.2, 0) is 4.79 Å². The minimum atomic E-state index is 0.219. The highest BCUT2D eigenvalue weighted by molar-refractivity contribution is 5.77. The van der Waals surface area contributed by atoms with Gasteiger partial charge >= 0.3 is 0 Å². The van der Waals surface area contributed by atoms with E-state index in [1.54, 1.807) is 0 Å². The lowest BCUT2D eigenvalue weighted by molar-refractivity contribution is -0.129. The van der Waals surface area contributed by atoms with E-state index in [2.05, 4.69) is 19.2 Å².